The van der Waals surface area contributed by atoms with E-state index >= 15 is 0 Å². The van der Waals surface area contributed by atoms with Gasteiger partial charge in [0.25, 0.3) is 11.8 Å². The van der Waals surface area contributed by atoms with Crippen LogP contribution in [0.2, 0.25) is 5.02 Å². The highest BCUT2D eigenvalue weighted by atomic mass is 35.5. The molecule has 0 spiro atoms. The van der Waals surface area contributed by atoms with E-state index in [-0.39, 0.29) is 11.6 Å². The first-order valence-electron chi connectivity index (χ1n) is 15.7. The lowest BCUT2D eigenvalue weighted by Crippen LogP contribution is -2.30. The van der Waals surface area contributed by atoms with Gasteiger partial charge in [0.05, 0.1) is 12.8 Å². The minimum Gasteiger partial charge on any atom is -0.496 e. The molecule has 5 aromatic carbocycles. The van der Waals surface area contributed by atoms with Crippen LogP contribution in [0.3, 0.4) is 0 Å². The Bertz CT molecular complexity index is 2190. The van der Waals surface area contributed by atoms with E-state index in [1.807, 2.05) is 72.1 Å². The SMILES string of the molecule is COc1ccccc1-c1csc(NC(=O)C(Sc2cccc(NC(=O)/C(=C/c3cccc(Cl)c3)NC(=O)c3ccccc3)c2)c2ccccc2)n1. The summed E-state index contributed by atoms with van der Waals surface area (Å²) in [4.78, 5) is 46.0. The molecule has 254 valence electrons. The van der Waals surface area contributed by atoms with E-state index in [9.17, 15) is 14.4 Å². The predicted molar refractivity (Wildman–Crippen MR) is 206 cm³/mol. The van der Waals surface area contributed by atoms with Crippen LogP contribution in [0, 0.1) is 0 Å². The van der Waals surface area contributed by atoms with Crippen LogP contribution in [-0.2, 0) is 9.59 Å². The zero-order chi connectivity index (χ0) is 35.6. The number of carbonyl (C=O) groups excluding carboxylic acids is 3. The summed E-state index contributed by atoms with van der Waals surface area (Å²) in [5.41, 5.74) is 3.87. The van der Waals surface area contributed by atoms with Crippen LogP contribution < -0.4 is 20.7 Å². The predicted octanol–water partition coefficient (Wildman–Crippen LogP) is 9.35. The molecule has 6 aromatic rings. The minimum absolute atomic E-state index is 0.0293. The number of halogens is 1. The fraction of sp³-hybridized carbons (Fsp3) is 0.0500. The molecule has 0 bridgehead atoms. The van der Waals surface area contributed by atoms with Gasteiger partial charge in [-0.1, -0.05) is 90.5 Å². The van der Waals surface area contributed by atoms with Gasteiger partial charge in [0.15, 0.2) is 5.13 Å². The lowest BCUT2D eigenvalue weighted by molar-refractivity contribution is -0.116. The van der Waals surface area contributed by atoms with Crippen LogP contribution >= 0.6 is 34.7 Å². The van der Waals surface area contributed by atoms with Crippen molar-refractivity contribution in [2.45, 2.75) is 10.1 Å². The number of aromatic nitrogens is 1. The smallest absolute Gasteiger partial charge is 0.272 e. The third-order valence-electron chi connectivity index (χ3n) is 7.49. The Kier molecular flexibility index (Phi) is 11.6. The molecule has 1 aromatic heterocycles. The van der Waals surface area contributed by atoms with E-state index in [4.69, 9.17) is 16.3 Å². The third kappa shape index (κ3) is 9.31. The summed E-state index contributed by atoms with van der Waals surface area (Å²) in [5, 5.41) is 10.8. The number of nitrogens with one attached hydrogen (secondary N) is 3. The third-order valence-corrected chi connectivity index (χ3v) is 9.73. The van der Waals surface area contributed by atoms with Crippen molar-refractivity contribution >= 4 is 69.3 Å². The summed E-state index contributed by atoms with van der Waals surface area (Å²) in [7, 11) is 1.61. The standard InChI is InChI=1S/C40H31ClN4O4S2/c1-49-35-21-9-8-20-32(35)34-25-50-40(44-34)45-39(48)36(27-13-4-2-5-14-27)51-31-19-11-18-30(24-31)42-38(47)33(23-26-12-10-17-29(41)22-26)43-37(46)28-15-6-3-7-16-28/h2-25,36H,1H3,(H,42,47)(H,43,46)(H,44,45,48)/b33-23-. The number of hydrogen-bond donors (Lipinski definition) is 3. The number of thioether (sulfide) groups is 1. The average molecular weight is 731 g/mol. The number of methoxy groups -OCH3 is 1. The van der Waals surface area contributed by atoms with E-state index in [0.29, 0.717) is 38.4 Å². The molecule has 51 heavy (non-hydrogen) atoms. The first-order valence-corrected chi connectivity index (χ1v) is 17.9. The van der Waals surface area contributed by atoms with Crippen molar-refractivity contribution in [2.75, 3.05) is 17.7 Å². The second-order valence-corrected chi connectivity index (χ2v) is 13.5. The average Bonchev–Trinajstić information content (AvgIpc) is 3.62. The highest BCUT2D eigenvalue weighted by Crippen LogP contribution is 2.38. The quantitative estimate of drug-likeness (QED) is 0.0856. The normalized spacial score (nSPS) is 11.7. The largest absolute Gasteiger partial charge is 0.496 e. The number of hydrogen-bond acceptors (Lipinski definition) is 7. The van der Waals surface area contributed by atoms with Gasteiger partial charge >= 0.3 is 0 Å². The molecule has 0 aliphatic rings. The van der Waals surface area contributed by atoms with Gasteiger partial charge < -0.3 is 20.7 Å². The van der Waals surface area contributed by atoms with Crippen molar-refractivity contribution in [3.63, 3.8) is 0 Å². The summed E-state index contributed by atoms with van der Waals surface area (Å²) in [6.45, 7) is 0. The van der Waals surface area contributed by atoms with E-state index in [2.05, 4.69) is 20.9 Å². The maximum atomic E-state index is 13.8. The fourth-order valence-corrected chi connectivity index (χ4v) is 7.07. The molecule has 0 radical (unpaired) electrons. The minimum atomic E-state index is -0.640. The van der Waals surface area contributed by atoms with Crippen molar-refractivity contribution in [2.24, 2.45) is 0 Å². The number of anilines is 2. The number of nitrogens with zero attached hydrogens (tertiary/aromatic N) is 1. The Labute approximate surface area is 308 Å². The monoisotopic (exact) mass is 730 g/mol. The van der Waals surface area contributed by atoms with Gasteiger partial charge in [0.2, 0.25) is 5.91 Å². The first kappa shape index (κ1) is 35.2. The van der Waals surface area contributed by atoms with E-state index < -0.39 is 17.1 Å². The van der Waals surface area contributed by atoms with Crippen molar-refractivity contribution in [1.29, 1.82) is 0 Å². The zero-order valence-electron chi connectivity index (χ0n) is 27.2. The Balaban J connectivity index is 1.21. The highest BCUT2D eigenvalue weighted by molar-refractivity contribution is 8.00. The Hall–Kier alpha value is -5.68. The molecule has 1 heterocycles. The molecule has 6 rings (SSSR count). The van der Waals surface area contributed by atoms with Crippen LogP contribution in [0.15, 0.2) is 149 Å². The van der Waals surface area contributed by atoms with Gasteiger partial charge in [0.1, 0.15) is 16.7 Å². The first-order chi connectivity index (χ1) is 24.9. The molecular weight excluding hydrogens is 700 g/mol. The molecule has 1 atom stereocenters. The number of carbonyl (C=O) groups is 3. The van der Waals surface area contributed by atoms with Crippen LogP contribution in [0.4, 0.5) is 10.8 Å². The van der Waals surface area contributed by atoms with Crippen LogP contribution in [-0.4, -0.2) is 29.8 Å². The maximum absolute atomic E-state index is 13.8. The number of para-hydroxylation sites is 1. The molecular formula is C40H31ClN4O4S2. The Morgan fingerprint density at radius 3 is 2.31 bits per heavy atom. The molecule has 8 nitrogen and oxygen atoms in total. The molecule has 0 saturated heterocycles. The fourth-order valence-electron chi connectivity index (χ4n) is 5.07. The van der Waals surface area contributed by atoms with Crippen LogP contribution in [0.25, 0.3) is 17.3 Å². The molecule has 0 aliphatic carbocycles. The summed E-state index contributed by atoms with van der Waals surface area (Å²) in [6, 6.07) is 39.8. The molecule has 0 aliphatic heterocycles. The lowest BCUT2D eigenvalue weighted by Gasteiger charge is -2.17. The second-order valence-electron chi connectivity index (χ2n) is 11.1. The van der Waals surface area contributed by atoms with Gasteiger partial charge in [0, 0.05) is 32.1 Å². The summed E-state index contributed by atoms with van der Waals surface area (Å²) in [5.74, 6) is -0.531. The van der Waals surface area contributed by atoms with Gasteiger partial charge in [-0.2, -0.15) is 0 Å². The molecule has 11 heteroatoms. The summed E-state index contributed by atoms with van der Waals surface area (Å²) >= 11 is 8.86. The number of rotatable bonds is 12. The summed E-state index contributed by atoms with van der Waals surface area (Å²) in [6.07, 6.45) is 1.56. The van der Waals surface area contributed by atoms with Gasteiger partial charge in [-0.15, -0.1) is 23.1 Å². The molecule has 3 amide bonds. The number of benzene rings is 5. The summed E-state index contributed by atoms with van der Waals surface area (Å²) < 4.78 is 5.49. The van der Waals surface area contributed by atoms with Gasteiger partial charge in [-0.05, 0) is 71.8 Å². The molecule has 3 N–H and O–H groups in total. The second kappa shape index (κ2) is 16.8. The van der Waals surface area contributed by atoms with E-state index in [1.165, 1.54) is 23.1 Å². The molecule has 0 fully saturated rings. The van der Waals surface area contributed by atoms with Crippen LogP contribution in [0.5, 0.6) is 5.75 Å². The van der Waals surface area contributed by atoms with Crippen LogP contribution in [0.1, 0.15) is 26.7 Å². The van der Waals surface area contributed by atoms with Gasteiger partial charge in [-0.25, -0.2) is 4.98 Å². The lowest BCUT2D eigenvalue weighted by atomic mass is 10.1. The van der Waals surface area contributed by atoms with Gasteiger partial charge in [-0.3, -0.25) is 14.4 Å². The number of ether oxygens (including phenoxy) is 1. The molecule has 0 saturated carbocycles. The number of amides is 3. The topological polar surface area (TPSA) is 109 Å². The Morgan fingerprint density at radius 2 is 1.55 bits per heavy atom. The molecule has 1 unspecified atom stereocenters. The Morgan fingerprint density at radius 1 is 0.824 bits per heavy atom. The van der Waals surface area contributed by atoms with E-state index in [1.54, 1.807) is 79.9 Å². The number of thiazole rings is 1. The maximum Gasteiger partial charge on any atom is 0.272 e. The van der Waals surface area contributed by atoms with Crippen molar-refractivity contribution in [1.82, 2.24) is 10.3 Å². The zero-order valence-corrected chi connectivity index (χ0v) is 29.6. The van der Waals surface area contributed by atoms with Crippen molar-refractivity contribution < 1.29 is 19.1 Å². The van der Waals surface area contributed by atoms with Crippen molar-refractivity contribution in [3.05, 3.63) is 166 Å². The highest BCUT2D eigenvalue weighted by Gasteiger charge is 2.24. The van der Waals surface area contributed by atoms with Crippen molar-refractivity contribution in [3.8, 4) is 17.0 Å². The van der Waals surface area contributed by atoms with E-state index in [0.717, 1.165) is 16.0 Å².